The van der Waals surface area contributed by atoms with Crippen LogP contribution in [0.3, 0.4) is 0 Å². The van der Waals surface area contributed by atoms with Gasteiger partial charge in [-0.3, -0.25) is 0 Å². The number of aryl methyl sites for hydroxylation is 2. The topological polar surface area (TPSA) is 46.2 Å². The van der Waals surface area contributed by atoms with E-state index in [0.717, 1.165) is 16.7 Å². The smallest absolute Gasteiger partial charge is 0.212 e. The van der Waals surface area contributed by atoms with Crippen molar-refractivity contribution in [2.75, 3.05) is 0 Å². The van der Waals surface area contributed by atoms with Crippen molar-refractivity contribution in [2.45, 2.75) is 45.9 Å². The Morgan fingerprint density at radius 2 is 1.71 bits per heavy atom. The first-order valence-electron chi connectivity index (χ1n) is 5.82. The highest BCUT2D eigenvalue weighted by Gasteiger charge is 2.20. The molecule has 1 aromatic rings. The quantitative estimate of drug-likeness (QED) is 0.899. The van der Waals surface area contributed by atoms with Crippen LogP contribution in [0.1, 0.15) is 43.5 Å². The normalized spacial score (nSPS) is 14.0. The summed E-state index contributed by atoms with van der Waals surface area (Å²) in [5.41, 5.74) is 3.28. The summed E-state index contributed by atoms with van der Waals surface area (Å²) in [5.74, 6) is 0. The zero-order chi connectivity index (χ0) is 13.2. The van der Waals surface area contributed by atoms with Crippen LogP contribution in [0.4, 0.5) is 0 Å². The Labute approximate surface area is 104 Å². The van der Waals surface area contributed by atoms with Gasteiger partial charge in [0.05, 0.1) is 5.25 Å². The predicted molar refractivity (Wildman–Crippen MR) is 71.5 cm³/mol. The molecule has 0 radical (unpaired) electrons. The maximum atomic E-state index is 11.8. The molecule has 1 aromatic carbocycles. The third-order valence-corrected chi connectivity index (χ3v) is 4.79. The first kappa shape index (κ1) is 14.2. The molecule has 1 rings (SSSR count). The molecule has 0 aromatic heterocycles. The van der Waals surface area contributed by atoms with Gasteiger partial charge < -0.3 is 0 Å². The third-order valence-electron chi connectivity index (χ3n) is 2.86. The standard InChI is InChI=1S/C13H21NO2S/c1-9(2)17(15,16)14-12(5)13-8-10(3)6-7-11(13)4/h6-9,12,14H,1-5H3. The van der Waals surface area contributed by atoms with Gasteiger partial charge in [0.1, 0.15) is 0 Å². The van der Waals surface area contributed by atoms with Crippen LogP contribution in [-0.2, 0) is 10.0 Å². The highest BCUT2D eigenvalue weighted by Crippen LogP contribution is 2.20. The molecule has 0 amide bonds. The first-order valence-corrected chi connectivity index (χ1v) is 7.37. The van der Waals surface area contributed by atoms with Crippen molar-refractivity contribution in [3.8, 4) is 0 Å². The molecule has 96 valence electrons. The molecule has 0 spiro atoms. The fraction of sp³-hybridized carbons (Fsp3) is 0.538. The van der Waals surface area contributed by atoms with Crippen molar-refractivity contribution in [2.24, 2.45) is 0 Å². The third kappa shape index (κ3) is 3.54. The minimum absolute atomic E-state index is 0.192. The molecule has 1 atom stereocenters. The van der Waals surface area contributed by atoms with Crippen LogP contribution in [0.2, 0.25) is 0 Å². The van der Waals surface area contributed by atoms with E-state index in [0.29, 0.717) is 0 Å². The lowest BCUT2D eigenvalue weighted by molar-refractivity contribution is 0.557. The second-order valence-corrected chi connectivity index (χ2v) is 7.06. The molecule has 0 aliphatic carbocycles. The van der Waals surface area contributed by atoms with Crippen molar-refractivity contribution in [3.05, 3.63) is 34.9 Å². The molecular weight excluding hydrogens is 234 g/mol. The van der Waals surface area contributed by atoms with E-state index < -0.39 is 15.3 Å². The molecule has 4 heteroatoms. The van der Waals surface area contributed by atoms with E-state index in [-0.39, 0.29) is 6.04 Å². The lowest BCUT2D eigenvalue weighted by Crippen LogP contribution is -2.33. The molecule has 1 unspecified atom stereocenters. The highest BCUT2D eigenvalue weighted by molar-refractivity contribution is 7.90. The molecule has 0 bridgehead atoms. The predicted octanol–water partition coefficient (Wildman–Crippen LogP) is 2.69. The summed E-state index contributed by atoms with van der Waals surface area (Å²) in [6, 6.07) is 5.89. The molecule has 3 nitrogen and oxygen atoms in total. The number of sulfonamides is 1. The summed E-state index contributed by atoms with van der Waals surface area (Å²) in [6.07, 6.45) is 0. The zero-order valence-electron chi connectivity index (χ0n) is 11.1. The summed E-state index contributed by atoms with van der Waals surface area (Å²) in [5, 5.41) is -0.407. The van der Waals surface area contributed by atoms with Gasteiger partial charge in [0.15, 0.2) is 0 Å². The minimum Gasteiger partial charge on any atom is -0.212 e. The van der Waals surface area contributed by atoms with Crippen LogP contribution in [-0.4, -0.2) is 13.7 Å². The van der Waals surface area contributed by atoms with Crippen molar-refractivity contribution in [3.63, 3.8) is 0 Å². The maximum absolute atomic E-state index is 11.8. The number of hydrogen-bond acceptors (Lipinski definition) is 2. The average Bonchev–Trinajstić information content (AvgIpc) is 2.20. The summed E-state index contributed by atoms with van der Waals surface area (Å²) in [7, 11) is -3.23. The molecule has 1 N–H and O–H groups in total. The fourth-order valence-corrected chi connectivity index (χ4v) is 2.56. The van der Waals surface area contributed by atoms with E-state index in [2.05, 4.69) is 4.72 Å². The zero-order valence-corrected chi connectivity index (χ0v) is 11.9. The molecule has 0 aliphatic rings. The Morgan fingerprint density at radius 3 is 2.24 bits per heavy atom. The fourth-order valence-electron chi connectivity index (χ4n) is 1.67. The number of nitrogens with one attached hydrogen (secondary N) is 1. The van der Waals surface area contributed by atoms with Crippen molar-refractivity contribution in [1.82, 2.24) is 4.72 Å². The first-order chi connectivity index (χ1) is 7.74. The van der Waals surface area contributed by atoms with Crippen LogP contribution < -0.4 is 4.72 Å². The minimum atomic E-state index is -3.23. The van der Waals surface area contributed by atoms with Crippen molar-refractivity contribution >= 4 is 10.0 Å². The van der Waals surface area contributed by atoms with Crippen LogP contribution in [0, 0.1) is 13.8 Å². The van der Waals surface area contributed by atoms with Gasteiger partial charge in [0, 0.05) is 6.04 Å². The SMILES string of the molecule is Cc1ccc(C)c(C(C)NS(=O)(=O)C(C)C)c1. The summed E-state index contributed by atoms with van der Waals surface area (Å²) in [6.45, 7) is 9.24. The van der Waals surface area contributed by atoms with E-state index in [9.17, 15) is 8.42 Å². The molecule has 17 heavy (non-hydrogen) atoms. The Morgan fingerprint density at radius 1 is 1.12 bits per heavy atom. The van der Waals surface area contributed by atoms with Crippen LogP contribution in [0.25, 0.3) is 0 Å². The van der Waals surface area contributed by atoms with Gasteiger partial charge in [0.2, 0.25) is 10.0 Å². The Balaban J connectivity index is 2.98. The van der Waals surface area contributed by atoms with E-state index in [1.807, 2.05) is 39.0 Å². The Bertz CT molecular complexity index is 492. The molecule has 0 heterocycles. The summed E-state index contributed by atoms with van der Waals surface area (Å²) in [4.78, 5) is 0. The summed E-state index contributed by atoms with van der Waals surface area (Å²) >= 11 is 0. The molecule has 0 saturated carbocycles. The van der Waals surface area contributed by atoms with Gasteiger partial charge in [-0.25, -0.2) is 13.1 Å². The summed E-state index contributed by atoms with van der Waals surface area (Å²) < 4.78 is 26.3. The molecule has 0 saturated heterocycles. The Hall–Kier alpha value is -0.870. The average molecular weight is 255 g/mol. The van der Waals surface area contributed by atoms with Gasteiger partial charge in [-0.1, -0.05) is 23.8 Å². The van der Waals surface area contributed by atoms with Crippen molar-refractivity contribution < 1.29 is 8.42 Å². The van der Waals surface area contributed by atoms with E-state index >= 15 is 0 Å². The number of hydrogen-bond donors (Lipinski definition) is 1. The van der Waals surface area contributed by atoms with Crippen LogP contribution in [0.15, 0.2) is 18.2 Å². The maximum Gasteiger partial charge on any atom is 0.214 e. The van der Waals surface area contributed by atoms with E-state index in [4.69, 9.17) is 0 Å². The van der Waals surface area contributed by atoms with Gasteiger partial charge in [-0.15, -0.1) is 0 Å². The second kappa shape index (κ2) is 5.19. The lowest BCUT2D eigenvalue weighted by atomic mass is 10.0. The number of benzene rings is 1. The van der Waals surface area contributed by atoms with Gasteiger partial charge in [-0.05, 0) is 45.7 Å². The molecule has 0 aliphatic heterocycles. The van der Waals surface area contributed by atoms with Crippen LogP contribution in [0.5, 0.6) is 0 Å². The largest absolute Gasteiger partial charge is 0.214 e. The van der Waals surface area contributed by atoms with Gasteiger partial charge in [0.25, 0.3) is 0 Å². The molecule has 0 fully saturated rings. The monoisotopic (exact) mass is 255 g/mol. The van der Waals surface area contributed by atoms with E-state index in [1.165, 1.54) is 0 Å². The lowest BCUT2D eigenvalue weighted by Gasteiger charge is -2.18. The van der Waals surface area contributed by atoms with Crippen LogP contribution >= 0.6 is 0 Å². The Kier molecular flexibility index (Phi) is 4.33. The van der Waals surface area contributed by atoms with E-state index in [1.54, 1.807) is 13.8 Å². The number of rotatable bonds is 4. The molecular formula is C13H21NO2S. The van der Waals surface area contributed by atoms with Gasteiger partial charge in [-0.2, -0.15) is 0 Å². The van der Waals surface area contributed by atoms with Gasteiger partial charge >= 0.3 is 0 Å². The second-order valence-electron chi connectivity index (χ2n) is 4.79. The highest BCUT2D eigenvalue weighted by atomic mass is 32.2. The van der Waals surface area contributed by atoms with Crippen molar-refractivity contribution in [1.29, 1.82) is 0 Å².